The number of likely N-dealkylation sites (tertiary alicyclic amines) is 1. The number of hydrogen-bond donors (Lipinski definition) is 2. The minimum Gasteiger partial charge on any atom is -0.357 e. The Balaban J connectivity index is 1.43. The molecule has 2 aliphatic rings. The van der Waals surface area contributed by atoms with Gasteiger partial charge in [-0.25, -0.2) is 4.99 Å². The zero-order valence-corrected chi connectivity index (χ0v) is 16.5. The molecule has 3 heterocycles. The second kappa shape index (κ2) is 10.3. The summed E-state index contributed by atoms with van der Waals surface area (Å²) in [6.45, 7) is 6.63. The Morgan fingerprint density at radius 1 is 1.07 bits per heavy atom. The molecule has 2 N–H and O–H groups in total. The first-order chi connectivity index (χ1) is 13.3. The van der Waals surface area contributed by atoms with E-state index in [0.29, 0.717) is 5.96 Å². The molecule has 150 valence electrons. The highest BCUT2D eigenvalue weighted by atomic mass is 16.2. The van der Waals surface area contributed by atoms with Gasteiger partial charge < -0.3 is 20.1 Å². The van der Waals surface area contributed by atoms with Crippen molar-refractivity contribution in [2.75, 3.05) is 32.7 Å². The lowest BCUT2D eigenvalue weighted by Gasteiger charge is -2.15. The number of fused-ring (bicyclic) bond motifs is 1. The molecule has 1 saturated heterocycles. The summed E-state index contributed by atoms with van der Waals surface area (Å²) < 4.78 is 2.31. The van der Waals surface area contributed by atoms with E-state index in [1.165, 1.54) is 19.3 Å². The van der Waals surface area contributed by atoms with Gasteiger partial charge in [0.15, 0.2) is 5.96 Å². The third kappa shape index (κ3) is 5.68. The van der Waals surface area contributed by atoms with E-state index in [9.17, 15) is 4.79 Å². The lowest BCUT2D eigenvalue weighted by molar-refractivity contribution is -0.128. The molecule has 8 heteroatoms. The molecule has 3 rings (SSSR count). The van der Waals surface area contributed by atoms with Crippen LogP contribution in [0.3, 0.4) is 0 Å². The molecule has 0 aliphatic carbocycles. The first-order valence-corrected chi connectivity index (χ1v) is 10.5. The van der Waals surface area contributed by atoms with Crippen molar-refractivity contribution in [2.24, 2.45) is 4.99 Å². The van der Waals surface area contributed by atoms with Gasteiger partial charge in [0.05, 0.1) is 0 Å². The first-order valence-electron chi connectivity index (χ1n) is 10.5. The van der Waals surface area contributed by atoms with E-state index in [2.05, 4.69) is 30.4 Å². The topological polar surface area (TPSA) is 87.4 Å². The van der Waals surface area contributed by atoms with Crippen molar-refractivity contribution in [3.8, 4) is 0 Å². The van der Waals surface area contributed by atoms with Gasteiger partial charge in [-0.2, -0.15) is 0 Å². The SMILES string of the molecule is CCNC(=NCC(=O)N1CCCC1)NCCCc1nnc2n1CCCCC2. The van der Waals surface area contributed by atoms with Gasteiger partial charge in [0.2, 0.25) is 5.91 Å². The predicted octanol–water partition coefficient (Wildman–Crippen LogP) is 1.11. The molecule has 8 nitrogen and oxygen atoms in total. The van der Waals surface area contributed by atoms with Crippen molar-refractivity contribution in [1.29, 1.82) is 0 Å². The number of carbonyl (C=O) groups excluding carboxylic acids is 1. The Kier molecular flexibility index (Phi) is 7.47. The molecule has 0 unspecified atom stereocenters. The van der Waals surface area contributed by atoms with Crippen molar-refractivity contribution >= 4 is 11.9 Å². The van der Waals surface area contributed by atoms with Crippen LogP contribution in [0.1, 0.15) is 57.1 Å². The Labute approximate surface area is 161 Å². The van der Waals surface area contributed by atoms with Crippen LogP contribution < -0.4 is 10.6 Å². The number of aromatic nitrogens is 3. The summed E-state index contributed by atoms with van der Waals surface area (Å²) in [6, 6.07) is 0. The van der Waals surface area contributed by atoms with Gasteiger partial charge in [-0.15, -0.1) is 10.2 Å². The molecular formula is C19H33N7O. The van der Waals surface area contributed by atoms with Crippen LogP contribution in [-0.2, 0) is 24.2 Å². The van der Waals surface area contributed by atoms with E-state index >= 15 is 0 Å². The highest BCUT2D eigenvalue weighted by Gasteiger charge is 2.17. The molecule has 0 aromatic carbocycles. The highest BCUT2D eigenvalue weighted by Crippen LogP contribution is 2.15. The Hall–Kier alpha value is -2.12. The van der Waals surface area contributed by atoms with Crippen LogP contribution in [0.4, 0.5) is 0 Å². The predicted molar refractivity (Wildman–Crippen MR) is 106 cm³/mol. The smallest absolute Gasteiger partial charge is 0.244 e. The maximum atomic E-state index is 12.1. The van der Waals surface area contributed by atoms with Crippen LogP contribution in [0.2, 0.25) is 0 Å². The number of hydrogen-bond acceptors (Lipinski definition) is 4. The van der Waals surface area contributed by atoms with E-state index in [4.69, 9.17) is 0 Å². The number of aryl methyl sites for hydroxylation is 2. The summed E-state index contributed by atoms with van der Waals surface area (Å²) in [7, 11) is 0. The van der Waals surface area contributed by atoms with E-state index < -0.39 is 0 Å². The molecule has 1 amide bonds. The molecule has 1 aromatic rings. The molecular weight excluding hydrogens is 342 g/mol. The van der Waals surface area contributed by atoms with Gasteiger partial charge in [0.1, 0.15) is 18.2 Å². The van der Waals surface area contributed by atoms with Crippen LogP contribution in [-0.4, -0.2) is 64.3 Å². The second-order valence-electron chi connectivity index (χ2n) is 7.31. The van der Waals surface area contributed by atoms with Crippen molar-refractivity contribution < 1.29 is 4.79 Å². The highest BCUT2D eigenvalue weighted by molar-refractivity contribution is 5.85. The number of aliphatic imine (C=N–C) groups is 1. The Morgan fingerprint density at radius 3 is 2.70 bits per heavy atom. The van der Waals surface area contributed by atoms with E-state index in [-0.39, 0.29) is 12.5 Å². The van der Waals surface area contributed by atoms with Crippen LogP contribution in [0.25, 0.3) is 0 Å². The minimum atomic E-state index is 0.121. The van der Waals surface area contributed by atoms with E-state index in [1.54, 1.807) is 0 Å². The molecule has 0 bridgehead atoms. The number of nitrogens with zero attached hydrogens (tertiary/aromatic N) is 5. The van der Waals surface area contributed by atoms with Crippen molar-refractivity contribution in [2.45, 2.75) is 64.8 Å². The molecule has 27 heavy (non-hydrogen) atoms. The summed E-state index contributed by atoms with van der Waals surface area (Å²) in [5.41, 5.74) is 0. The Morgan fingerprint density at radius 2 is 1.89 bits per heavy atom. The third-order valence-electron chi connectivity index (χ3n) is 5.23. The van der Waals surface area contributed by atoms with Gasteiger partial charge in [0.25, 0.3) is 0 Å². The van der Waals surface area contributed by atoms with E-state index in [0.717, 1.165) is 76.5 Å². The quantitative estimate of drug-likeness (QED) is 0.424. The monoisotopic (exact) mass is 375 g/mol. The van der Waals surface area contributed by atoms with Crippen LogP contribution in [0.5, 0.6) is 0 Å². The van der Waals surface area contributed by atoms with Gasteiger partial charge in [-0.3, -0.25) is 4.79 Å². The fourth-order valence-corrected chi connectivity index (χ4v) is 3.74. The summed E-state index contributed by atoms with van der Waals surface area (Å²) in [5.74, 6) is 3.08. The van der Waals surface area contributed by atoms with Gasteiger partial charge in [-0.05, 0) is 39.0 Å². The first kappa shape index (κ1) is 19.6. The molecule has 0 saturated carbocycles. The average molecular weight is 376 g/mol. The molecule has 0 spiro atoms. The summed E-state index contributed by atoms with van der Waals surface area (Å²) in [6.07, 6.45) is 8.86. The van der Waals surface area contributed by atoms with Gasteiger partial charge >= 0.3 is 0 Å². The number of rotatable bonds is 7. The minimum absolute atomic E-state index is 0.121. The standard InChI is InChI=1S/C19H33N7O/c1-2-20-19(22-15-18(27)25-12-6-7-13-25)21-11-8-10-17-24-23-16-9-4-3-5-14-26(16)17/h2-15H2,1H3,(H2,20,21,22). The molecule has 2 aliphatic heterocycles. The number of carbonyl (C=O) groups is 1. The maximum Gasteiger partial charge on any atom is 0.244 e. The van der Waals surface area contributed by atoms with Gasteiger partial charge in [0, 0.05) is 45.6 Å². The number of nitrogens with one attached hydrogen (secondary N) is 2. The van der Waals surface area contributed by atoms with Crippen molar-refractivity contribution in [3.63, 3.8) is 0 Å². The zero-order chi connectivity index (χ0) is 18.9. The largest absolute Gasteiger partial charge is 0.357 e. The summed E-state index contributed by atoms with van der Waals surface area (Å²) in [5, 5.41) is 15.3. The lowest BCUT2D eigenvalue weighted by Crippen LogP contribution is -2.39. The number of guanidine groups is 1. The zero-order valence-electron chi connectivity index (χ0n) is 16.5. The Bertz CT molecular complexity index is 634. The average Bonchev–Trinajstić information content (AvgIpc) is 3.28. The van der Waals surface area contributed by atoms with E-state index in [1.807, 2.05) is 11.8 Å². The summed E-state index contributed by atoms with van der Waals surface area (Å²) in [4.78, 5) is 18.5. The number of amides is 1. The molecule has 0 atom stereocenters. The maximum absolute atomic E-state index is 12.1. The third-order valence-corrected chi connectivity index (χ3v) is 5.23. The second-order valence-corrected chi connectivity index (χ2v) is 7.31. The molecule has 1 aromatic heterocycles. The fraction of sp³-hybridized carbons (Fsp3) is 0.789. The van der Waals surface area contributed by atoms with Crippen molar-refractivity contribution in [3.05, 3.63) is 11.6 Å². The fourth-order valence-electron chi connectivity index (χ4n) is 3.74. The van der Waals surface area contributed by atoms with Crippen LogP contribution >= 0.6 is 0 Å². The molecule has 1 fully saturated rings. The van der Waals surface area contributed by atoms with Crippen molar-refractivity contribution in [1.82, 2.24) is 30.3 Å². The van der Waals surface area contributed by atoms with Gasteiger partial charge in [-0.1, -0.05) is 6.42 Å². The van der Waals surface area contributed by atoms with Crippen LogP contribution in [0.15, 0.2) is 4.99 Å². The molecule has 0 radical (unpaired) electrons. The normalized spacial score (nSPS) is 17.5. The summed E-state index contributed by atoms with van der Waals surface area (Å²) >= 11 is 0. The lowest BCUT2D eigenvalue weighted by atomic mass is 10.2. The van der Waals surface area contributed by atoms with Crippen LogP contribution in [0, 0.1) is 0 Å².